The van der Waals surface area contributed by atoms with Crippen molar-refractivity contribution in [2.75, 3.05) is 0 Å². The summed E-state index contributed by atoms with van der Waals surface area (Å²) in [5.41, 5.74) is 7.35. The summed E-state index contributed by atoms with van der Waals surface area (Å²) < 4.78 is 0. The van der Waals surface area contributed by atoms with Gasteiger partial charge in [0.25, 0.3) is 0 Å². The monoisotopic (exact) mass is 422 g/mol. The van der Waals surface area contributed by atoms with Gasteiger partial charge in [-0.05, 0) is 68.9 Å². The van der Waals surface area contributed by atoms with Crippen LogP contribution in [0.25, 0.3) is 12.2 Å². The van der Waals surface area contributed by atoms with Crippen molar-refractivity contribution in [2.45, 2.75) is 76.2 Å². The smallest absolute Gasteiger partial charge is 0.335 e. The van der Waals surface area contributed by atoms with Crippen LogP contribution in [0.15, 0.2) is 36.4 Å². The fraction of sp³-hybridized carbons (Fsp3) is 0.444. The molecule has 2 aromatic rings. The molecule has 2 aromatic carbocycles. The van der Waals surface area contributed by atoms with E-state index in [4.69, 9.17) is 5.11 Å². The third-order valence-corrected chi connectivity index (χ3v) is 7.44. The zero-order valence-electron chi connectivity index (χ0n) is 19.1. The van der Waals surface area contributed by atoms with Gasteiger partial charge in [-0.1, -0.05) is 78.0 Å². The third-order valence-electron chi connectivity index (χ3n) is 6.30. The average Bonchev–Trinajstić information content (AvgIpc) is 2.68. The second kappa shape index (κ2) is 8.63. The Morgan fingerprint density at radius 1 is 1.00 bits per heavy atom. The van der Waals surface area contributed by atoms with Crippen molar-refractivity contribution in [1.29, 1.82) is 0 Å². The lowest BCUT2D eigenvalue weighted by Crippen LogP contribution is -2.34. The van der Waals surface area contributed by atoms with E-state index in [2.05, 4.69) is 65.8 Å². The minimum atomic E-state index is -0.891. The van der Waals surface area contributed by atoms with Gasteiger partial charge in [-0.15, -0.1) is 0 Å². The number of carboxylic acid groups (broad SMARTS) is 1. The van der Waals surface area contributed by atoms with Gasteiger partial charge in [-0.3, -0.25) is 0 Å². The lowest BCUT2D eigenvalue weighted by atomic mass is 9.62. The van der Waals surface area contributed by atoms with E-state index >= 15 is 0 Å². The summed E-state index contributed by atoms with van der Waals surface area (Å²) in [5.74, 6) is 0.108. The Bertz CT molecular complexity index is 950. The van der Waals surface area contributed by atoms with Crippen LogP contribution in [0.2, 0.25) is 0 Å². The summed E-state index contributed by atoms with van der Waals surface area (Å²) in [5, 5.41) is 9.70. The molecule has 0 radical (unpaired) electrons. The van der Waals surface area contributed by atoms with E-state index < -0.39 is 5.97 Å². The minimum Gasteiger partial charge on any atom is -0.478 e. The second-order valence-electron chi connectivity index (χ2n) is 9.98. The molecule has 0 aliphatic heterocycles. The van der Waals surface area contributed by atoms with Crippen LogP contribution >= 0.6 is 11.8 Å². The first kappa shape index (κ1) is 22.7. The number of hydrogen-bond donors (Lipinski definition) is 1. The molecule has 0 heterocycles. The van der Waals surface area contributed by atoms with Crippen LogP contribution in [-0.2, 0) is 16.6 Å². The first-order valence-electron chi connectivity index (χ1n) is 10.8. The molecule has 1 aliphatic rings. The van der Waals surface area contributed by atoms with Crippen LogP contribution in [0.4, 0.5) is 0 Å². The summed E-state index contributed by atoms with van der Waals surface area (Å²) in [4.78, 5) is 11.1. The standard InChI is InChI=1S/C27H34O2S/c1-18(2)30-17-22-16-24-23(26(3,4)13-14-27(24,5)6)15-21(22)12-9-19-7-10-20(11-8-19)25(28)29/h7-12,15-16,18H,13-14,17H2,1-6H3,(H,28,29)/b12-9+. The topological polar surface area (TPSA) is 37.3 Å². The van der Waals surface area contributed by atoms with Gasteiger partial charge in [0.15, 0.2) is 0 Å². The van der Waals surface area contributed by atoms with Gasteiger partial charge >= 0.3 is 5.97 Å². The molecule has 0 bridgehead atoms. The first-order chi connectivity index (χ1) is 14.0. The van der Waals surface area contributed by atoms with Gasteiger partial charge in [-0.25, -0.2) is 4.79 Å². The molecule has 0 aromatic heterocycles. The number of carbonyl (C=O) groups is 1. The van der Waals surface area contributed by atoms with Crippen molar-refractivity contribution in [3.8, 4) is 0 Å². The van der Waals surface area contributed by atoms with Crippen LogP contribution in [0.3, 0.4) is 0 Å². The fourth-order valence-corrected chi connectivity index (χ4v) is 4.90. The molecule has 30 heavy (non-hydrogen) atoms. The summed E-state index contributed by atoms with van der Waals surface area (Å²) in [6.45, 7) is 14.0. The molecule has 0 amide bonds. The molecule has 2 nitrogen and oxygen atoms in total. The molecule has 0 saturated carbocycles. The summed E-state index contributed by atoms with van der Waals surface area (Å²) >= 11 is 1.98. The SMILES string of the molecule is CC(C)SCc1cc2c(cc1/C=C/c1ccc(C(=O)O)cc1)C(C)(C)CCC2(C)C. The molecule has 160 valence electrons. The van der Waals surface area contributed by atoms with Crippen LogP contribution < -0.4 is 0 Å². The van der Waals surface area contributed by atoms with Crippen molar-refractivity contribution in [1.82, 2.24) is 0 Å². The maximum Gasteiger partial charge on any atom is 0.335 e. The molecule has 0 atom stereocenters. The Morgan fingerprint density at radius 3 is 2.10 bits per heavy atom. The van der Waals surface area contributed by atoms with E-state index in [-0.39, 0.29) is 10.8 Å². The number of carboxylic acids is 1. The highest BCUT2D eigenvalue weighted by atomic mass is 32.2. The van der Waals surface area contributed by atoms with Crippen molar-refractivity contribution in [3.05, 3.63) is 69.8 Å². The highest BCUT2D eigenvalue weighted by Gasteiger charge is 2.37. The van der Waals surface area contributed by atoms with E-state index in [1.165, 1.54) is 35.1 Å². The Kier molecular flexibility index (Phi) is 6.52. The molecule has 0 unspecified atom stereocenters. The zero-order chi connectivity index (χ0) is 22.1. The molecule has 3 heteroatoms. The molecule has 1 N–H and O–H groups in total. The highest BCUT2D eigenvalue weighted by Crippen LogP contribution is 2.47. The molecule has 0 spiro atoms. The molecule has 0 fully saturated rings. The first-order valence-corrected chi connectivity index (χ1v) is 11.9. The Hall–Kier alpha value is -2.00. The maximum atomic E-state index is 11.1. The lowest BCUT2D eigenvalue weighted by Gasteiger charge is -2.42. The Labute approximate surface area is 185 Å². The van der Waals surface area contributed by atoms with Gasteiger partial charge in [0.1, 0.15) is 0 Å². The average molecular weight is 423 g/mol. The normalized spacial score (nSPS) is 17.3. The van der Waals surface area contributed by atoms with E-state index in [1.807, 2.05) is 23.9 Å². The van der Waals surface area contributed by atoms with Crippen molar-refractivity contribution < 1.29 is 9.90 Å². The number of hydrogen-bond acceptors (Lipinski definition) is 2. The Morgan fingerprint density at radius 2 is 1.57 bits per heavy atom. The summed E-state index contributed by atoms with van der Waals surface area (Å²) in [6, 6.07) is 11.9. The molecule has 0 saturated heterocycles. The number of benzene rings is 2. The number of rotatable bonds is 6. The molecular formula is C27H34O2S. The van der Waals surface area contributed by atoms with Crippen LogP contribution in [0, 0.1) is 0 Å². The van der Waals surface area contributed by atoms with E-state index in [1.54, 1.807) is 12.1 Å². The van der Waals surface area contributed by atoms with Crippen molar-refractivity contribution in [3.63, 3.8) is 0 Å². The minimum absolute atomic E-state index is 0.181. The highest BCUT2D eigenvalue weighted by molar-refractivity contribution is 7.99. The van der Waals surface area contributed by atoms with E-state index in [9.17, 15) is 4.79 Å². The van der Waals surface area contributed by atoms with Gasteiger partial charge in [0.05, 0.1) is 5.56 Å². The fourth-order valence-electron chi connectivity index (χ4n) is 4.13. The quantitative estimate of drug-likeness (QED) is 0.488. The molecule has 3 rings (SSSR count). The largest absolute Gasteiger partial charge is 0.478 e. The van der Waals surface area contributed by atoms with E-state index in [0.717, 1.165) is 11.3 Å². The van der Waals surface area contributed by atoms with Crippen molar-refractivity contribution >= 4 is 29.9 Å². The maximum absolute atomic E-state index is 11.1. The number of aromatic carboxylic acids is 1. The van der Waals surface area contributed by atoms with Gasteiger partial charge < -0.3 is 5.11 Å². The van der Waals surface area contributed by atoms with Crippen LogP contribution in [0.1, 0.15) is 92.6 Å². The number of thioether (sulfide) groups is 1. The van der Waals surface area contributed by atoms with Crippen molar-refractivity contribution in [2.24, 2.45) is 0 Å². The Balaban J connectivity index is 2.04. The third kappa shape index (κ3) is 5.00. The second-order valence-corrected chi connectivity index (χ2v) is 11.5. The van der Waals surface area contributed by atoms with Gasteiger partial charge in [0.2, 0.25) is 0 Å². The predicted octanol–water partition coefficient (Wildman–Crippen LogP) is 7.55. The molecule has 1 aliphatic carbocycles. The summed E-state index contributed by atoms with van der Waals surface area (Å²) in [7, 11) is 0. The number of fused-ring (bicyclic) bond motifs is 1. The van der Waals surface area contributed by atoms with Gasteiger partial charge in [-0.2, -0.15) is 11.8 Å². The molecular weight excluding hydrogens is 388 g/mol. The lowest BCUT2D eigenvalue weighted by molar-refractivity contribution is 0.0697. The van der Waals surface area contributed by atoms with Crippen LogP contribution in [0.5, 0.6) is 0 Å². The summed E-state index contributed by atoms with van der Waals surface area (Å²) in [6.07, 6.45) is 6.71. The zero-order valence-corrected chi connectivity index (χ0v) is 19.9. The van der Waals surface area contributed by atoms with E-state index in [0.29, 0.717) is 10.8 Å². The van der Waals surface area contributed by atoms with Gasteiger partial charge in [0, 0.05) is 5.75 Å². The predicted molar refractivity (Wildman–Crippen MR) is 130 cm³/mol. The van der Waals surface area contributed by atoms with Crippen LogP contribution in [-0.4, -0.2) is 16.3 Å².